The monoisotopic (exact) mass is 256 g/mol. The van der Waals surface area contributed by atoms with Crippen LogP contribution < -0.4 is 5.73 Å². The third-order valence-electron chi connectivity index (χ3n) is 2.82. The fraction of sp³-hybridized carbons (Fsp3) is 0. The number of anilines is 1. The van der Waals surface area contributed by atoms with E-state index in [1.54, 1.807) is 0 Å². The van der Waals surface area contributed by atoms with Crippen LogP contribution in [-0.2, 0) is 0 Å². The van der Waals surface area contributed by atoms with Crippen LogP contribution in [-0.4, -0.2) is 4.98 Å². The molecule has 2 nitrogen and oxygen atoms in total. The molecule has 0 saturated carbocycles. The summed E-state index contributed by atoms with van der Waals surface area (Å²) >= 11 is 0. The number of nitrogens with zero attached hydrogens (tertiary/aromatic N) is 1. The third kappa shape index (κ3) is 2.15. The maximum Gasteiger partial charge on any atom is 0.0730 e. The zero-order valence-corrected chi connectivity index (χ0v) is 10.5. The molecule has 0 aliphatic heterocycles. The van der Waals surface area contributed by atoms with E-state index in [4.69, 9.17) is 5.73 Å². The molecule has 0 aliphatic carbocycles. The minimum absolute atomic E-state index is 0. The molecule has 3 heteroatoms. The van der Waals surface area contributed by atoms with Crippen molar-refractivity contribution in [2.24, 2.45) is 0 Å². The summed E-state index contributed by atoms with van der Waals surface area (Å²) in [4.78, 5) is 4.63. The fourth-order valence-electron chi connectivity index (χ4n) is 1.96. The van der Waals surface area contributed by atoms with Gasteiger partial charge in [0.2, 0.25) is 0 Å². The number of para-hydroxylation sites is 1. The SMILES string of the molecule is Cl.Nc1cc(-c2ccccc2)nc2ccccc12. The Labute approximate surface area is 112 Å². The molecule has 90 valence electrons. The summed E-state index contributed by atoms with van der Waals surface area (Å²) in [6, 6.07) is 19.9. The number of fused-ring (bicyclic) bond motifs is 1. The van der Waals surface area contributed by atoms with Gasteiger partial charge in [-0.05, 0) is 12.1 Å². The lowest BCUT2D eigenvalue weighted by atomic mass is 10.1. The first-order valence-corrected chi connectivity index (χ1v) is 5.55. The van der Waals surface area contributed by atoms with Gasteiger partial charge in [0, 0.05) is 16.6 Å². The van der Waals surface area contributed by atoms with Crippen LogP contribution in [0.25, 0.3) is 22.2 Å². The van der Waals surface area contributed by atoms with Gasteiger partial charge in [0.05, 0.1) is 11.2 Å². The Morgan fingerprint density at radius 3 is 2.28 bits per heavy atom. The smallest absolute Gasteiger partial charge is 0.0730 e. The molecule has 1 heterocycles. The maximum absolute atomic E-state index is 6.05. The summed E-state index contributed by atoms with van der Waals surface area (Å²) in [5.41, 5.74) is 9.77. The normalized spacial score (nSPS) is 10.0. The quantitative estimate of drug-likeness (QED) is 0.717. The molecule has 3 rings (SSSR count). The average molecular weight is 257 g/mol. The Bertz CT molecular complexity index is 666. The molecular formula is C15H13ClN2. The third-order valence-corrected chi connectivity index (χ3v) is 2.82. The number of hydrogen-bond acceptors (Lipinski definition) is 2. The van der Waals surface area contributed by atoms with Crippen LogP contribution in [0.5, 0.6) is 0 Å². The van der Waals surface area contributed by atoms with Gasteiger partial charge in [0.1, 0.15) is 0 Å². The number of aromatic nitrogens is 1. The molecular weight excluding hydrogens is 244 g/mol. The highest BCUT2D eigenvalue weighted by Crippen LogP contribution is 2.25. The van der Waals surface area contributed by atoms with Crippen LogP contribution >= 0.6 is 12.4 Å². The van der Waals surface area contributed by atoms with Crippen LogP contribution in [0.15, 0.2) is 60.7 Å². The molecule has 0 fully saturated rings. The highest BCUT2D eigenvalue weighted by Gasteiger charge is 2.04. The molecule has 0 atom stereocenters. The summed E-state index contributed by atoms with van der Waals surface area (Å²) in [5, 5.41) is 1.01. The summed E-state index contributed by atoms with van der Waals surface area (Å²) < 4.78 is 0. The lowest BCUT2D eigenvalue weighted by Crippen LogP contribution is -1.92. The minimum atomic E-state index is 0. The van der Waals surface area contributed by atoms with Gasteiger partial charge in [0.15, 0.2) is 0 Å². The number of nitrogen functional groups attached to an aromatic ring is 1. The fourth-order valence-corrected chi connectivity index (χ4v) is 1.96. The van der Waals surface area contributed by atoms with E-state index in [2.05, 4.69) is 4.98 Å². The van der Waals surface area contributed by atoms with Crippen molar-refractivity contribution in [1.29, 1.82) is 0 Å². The van der Waals surface area contributed by atoms with Crippen LogP contribution in [0, 0.1) is 0 Å². The Kier molecular flexibility index (Phi) is 3.49. The summed E-state index contributed by atoms with van der Waals surface area (Å²) in [5.74, 6) is 0. The lowest BCUT2D eigenvalue weighted by Gasteiger charge is -2.06. The van der Waals surface area contributed by atoms with Crippen LogP contribution in [0.3, 0.4) is 0 Å². The summed E-state index contributed by atoms with van der Waals surface area (Å²) in [6.07, 6.45) is 0. The van der Waals surface area contributed by atoms with E-state index in [1.165, 1.54) is 0 Å². The molecule has 0 saturated heterocycles. The summed E-state index contributed by atoms with van der Waals surface area (Å²) in [6.45, 7) is 0. The number of halogens is 1. The molecule has 0 unspecified atom stereocenters. The highest BCUT2D eigenvalue weighted by molar-refractivity contribution is 5.92. The van der Waals surface area contributed by atoms with Gasteiger partial charge in [-0.1, -0.05) is 48.5 Å². The number of benzene rings is 2. The molecule has 18 heavy (non-hydrogen) atoms. The second-order valence-corrected chi connectivity index (χ2v) is 3.98. The van der Waals surface area contributed by atoms with Crippen molar-refractivity contribution in [3.63, 3.8) is 0 Å². The van der Waals surface area contributed by atoms with Gasteiger partial charge in [-0.15, -0.1) is 12.4 Å². The van der Waals surface area contributed by atoms with Crippen LogP contribution in [0.1, 0.15) is 0 Å². The molecule has 2 N–H and O–H groups in total. The van der Waals surface area contributed by atoms with E-state index in [-0.39, 0.29) is 12.4 Å². The predicted octanol–water partition coefficient (Wildman–Crippen LogP) is 3.91. The van der Waals surface area contributed by atoms with E-state index in [9.17, 15) is 0 Å². The van der Waals surface area contributed by atoms with Crippen molar-refractivity contribution in [1.82, 2.24) is 4.98 Å². The number of nitrogens with two attached hydrogens (primary N) is 1. The van der Waals surface area contributed by atoms with E-state index in [0.29, 0.717) is 0 Å². The number of hydrogen-bond donors (Lipinski definition) is 1. The first-order valence-electron chi connectivity index (χ1n) is 5.55. The topological polar surface area (TPSA) is 38.9 Å². The Hall–Kier alpha value is -2.06. The second-order valence-electron chi connectivity index (χ2n) is 3.98. The first-order chi connectivity index (χ1) is 8.34. The predicted molar refractivity (Wildman–Crippen MR) is 78.8 cm³/mol. The Balaban J connectivity index is 0.00000120. The zero-order chi connectivity index (χ0) is 11.7. The van der Waals surface area contributed by atoms with Gasteiger partial charge in [-0.25, -0.2) is 4.98 Å². The molecule has 3 aromatic rings. The molecule has 0 aliphatic rings. The van der Waals surface area contributed by atoms with Gasteiger partial charge >= 0.3 is 0 Å². The van der Waals surface area contributed by atoms with Crippen molar-refractivity contribution >= 4 is 29.0 Å². The van der Waals surface area contributed by atoms with Crippen LogP contribution in [0.2, 0.25) is 0 Å². The van der Waals surface area contributed by atoms with Crippen molar-refractivity contribution in [3.05, 3.63) is 60.7 Å². The standard InChI is InChI=1S/C15H12N2.ClH/c16-13-10-15(11-6-2-1-3-7-11)17-14-9-5-4-8-12(13)14;/h1-10H,(H2,16,17);1H. The molecule has 0 radical (unpaired) electrons. The second kappa shape index (κ2) is 5.07. The van der Waals surface area contributed by atoms with E-state index >= 15 is 0 Å². The first kappa shape index (κ1) is 12.4. The molecule has 2 aromatic carbocycles. The largest absolute Gasteiger partial charge is 0.398 e. The van der Waals surface area contributed by atoms with Gasteiger partial charge < -0.3 is 5.73 Å². The van der Waals surface area contributed by atoms with Crippen molar-refractivity contribution in [2.45, 2.75) is 0 Å². The number of pyridine rings is 1. The molecule has 1 aromatic heterocycles. The molecule has 0 amide bonds. The van der Waals surface area contributed by atoms with Crippen molar-refractivity contribution in [3.8, 4) is 11.3 Å². The lowest BCUT2D eigenvalue weighted by molar-refractivity contribution is 1.40. The average Bonchev–Trinajstić information content (AvgIpc) is 2.40. The van der Waals surface area contributed by atoms with Crippen molar-refractivity contribution < 1.29 is 0 Å². The van der Waals surface area contributed by atoms with E-state index < -0.39 is 0 Å². The Morgan fingerprint density at radius 1 is 0.833 bits per heavy atom. The highest BCUT2D eigenvalue weighted by atomic mass is 35.5. The summed E-state index contributed by atoms with van der Waals surface area (Å²) in [7, 11) is 0. The molecule has 0 bridgehead atoms. The zero-order valence-electron chi connectivity index (χ0n) is 9.71. The van der Waals surface area contributed by atoms with E-state index in [1.807, 2.05) is 60.7 Å². The minimum Gasteiger partial charge on any atom is -0.398 e. The van der Waals surface area contributed by atoms with Crippen LogP contribution in [0.4, 0.5) is 5.69 Å². The molecule has 0 spiro atoms. The number of rotatable bonds is 1. The van der Waals surface area contributed by atoms with E-state index in [0.717, 1.165) is 27.8 Å². The van der Waals surface area contributed by atoms with Gasteiger partial charge in [0.25, 0.3) is 0 Å². The Morgan fingerprint density at radius 2 is 1.50 bits per heavy atom. The van der Waals surface area contributed by atoms with Gasteiger partial charge in [-0.2, -0.15) is 0 Å². The maximum atomic E-state index is 6.05. The van der Waals surface area contributed by atoms with Crippen molar-refractivity contribution in [2.75, 3.05) is 5.73 Å². The van der Waals surface area contributed by atoms with Gasteiger partial charge in [-0.3, -0.25) is 0 Å².